The molecule has 2 aromatic rings. The lowest BCUT2D eigenvalue weighted by Crippen LogP contribution is -1.78. The van der Waals surface area contributed by atoms with E-state index in [-0.39, 0.29) is 5.58 Å². The number of furan rings is 1. The molecule has 2 rings (SSSR count). The van der Waals surface area contributed by atoms with Crippen LogP contribution >= 0.6 is 0 Å². The summed E-state index contributed by atoms with van der Waals surface area (Å²) in [4.78, 5) is 0. The summed E-state index contributed by atoms with van der Waals surface area (Å²) in [5.74, 6) is -1.21. The Morgan fingerprint density at radius 3 is 2.82 bits per heavy atom. The quantitative estimate of drug-likeness (QED) is 0.568. The zero-order valence-corrected chi connectivity index (χ0v) is 5.47. The third kappa shape index (κ3) is 0.888. The highest BCUT2D eigenvalue weighted by Gasteiger charge is 2.04. The second-order valence-corrected chi connectivity index (χ2v) is 2.22. The molecule has 0 aliphatic heterocycles. The minimum Gasteiger partial charge on any atom is -0.464 e. The standard InChI is InChI=1S/C8H4F2O/c9-5-3-7(10)6-1-2-11-8(6)4-5/h1-4H. The fourth-order valence-electron chi connectivity index (χ4n) is 0.996. The number of hydrogen-bond acceptors (Lipinski definition) is 1. The van der Waals surface area contributed by atoms with Gasteiger partial charge in [0, 0.05) is 12.1 Å². The van der Waals surface area contributed by atoms with Crippen LogP contribution in [0.4, 0.5) is 8.78 Å². The van der Waals surface area contributed by atoms with E-state index in [0.717, 1.165) is 12.1 Å². The van der Waals surface area contributed by atoms with Crippen LogP contribution in [0.1, 0.15) is 0 Å². The van der Waals surface area contributed by atoms with Crippen LogP contribution in [0.15, 0.2) is 28.9 Å². The highest BCUT2D eigenvalue weighted by molar-refractivity contribution is 5.77. The molecule has 0 saturated heterocycles. The zero-order valence-electron chi connectivity index (χ0n) is 5.47. The van der Waals surface area contributed by atoms with Crippen LogP contribution in [0.3, 0.4) is 0 Å². The summed E-state index contributed by atoms with van der Waals surface area (Å²) in [6, 6.07) is 3.44. The van der Waals surface area contributed by atoms with Gasteiger partial charge < -0.3 is 4.42 Å². The molecule has 0 atom stereocenters. The van der Waals surface area contributed by atoms with E-state index in [9.17, 15) is 8.78 Å². The summed E-state index contributed by atoms with van der Waals surface area (Å²) in [5.41, 5.74) is 0.238. The lowest BCUT2D eigenvalue weighted by Gasteiger charge is -1.90. The SMILES string of the molecule is Fc1cc(F)c2ccoc2c1. The molecule has 0 spiro atoms. The molecule has 0 aliphatic rings. The number of rotatable bonds is 0. The van der Waals surface area contributed by atoms with Gasteiger partial charge in [0.05, 0.1) is 11.6 Å². The van der Waals surface area contributed by atoms with E-state index in [2.05, 4.69) is 0 Å². The highest BCUT2D eigenvalue weighted by atomic mass is 19.1. The van der Waals surface area contributed by atoms with Gasteiger partial charge in [0.25, 0.3) is 0 Å². The van der Waals surface area contributed by atoms with Crippen LogP contribution in [0.25, 0.3) is 11.0 Å². The van der Waals surface area contributed by atoms with Crippen LogP contribution in [0, 0.1) is 11.6 Å². The van der Waals surface area contributed by atoms with Crippen molar-refractivity contribution in [2.75, 3.05) is 0 Å². The zero-order chi connectivity index (χ0) is 7.84. The van der Waals surface area contributed by atoms with Crippen molar-refractivity contribution in [2.45, 2.75) is 0 Å². The van der Waals surface area contributed by atoms with Crippen LogP contribution in [0.5, 0.6) is 0 Å². The molecule has 1 aromatic carbocycles. The molecule has 0 unspecified atom stereocenters. The molecule has 0 bridgehead atoms. The third-order valence-corrected chi connectivity index (χ3v) is 1.49. The first-order valence-electron chi connectivity index (χ1n) is 3.09. The minimum absolute atomic E-state index is 0.238. The average Bonchev–Trinajstić information content (AvgIpc) is 2.34. The van der Waals surface area contributed by atoms with Crippen LogP contribution in [-0.2, 0) is 0 Å². The Balaban J connectivity index is 2.91. The van der Waals surface area contributed by atoms with Crippen molar-refractivity contribution in [3.05, 3.63) is 36.1 Å². The summed E-state index contributed by atoms with van der Waals surface area (Å²) in [6.45, 7) is 0. The molecular formula is C8H4F2O. The Bertz CT molecular complexity index is 392. The molecule has 0 amide bonds. The minimum atomic E-state index is -0.620. The summed E-state index contributed by atoms with van der Waals surface area (Å²) in [6.07, 6.45) is 1.33. The summed E-state index contributed by atoms with van der Waals surface area (Å²) in [7, 11) is 0. The number of benzene rings is 1. The van der Waals surface area contributed by atoms with E-state index in [1.165, 1.54) is 12.3 Å². The van der Waals surface area contributed by atoms with E-state index in [4.69, 9.17) is 4.42 Å². The lowest BCUT2D eigenvalue weighted by molar-refractivity contribution is 0.577. The average molecular weight is 154 g/mol. The first-order chi connectivity index (χ1) is 5.27. The van der Waals surface area contributed by atoms with Gasteiger partial charge in [-0.05, 0) is 6.07 Å². The molecule has 0 fully saturated rings. The molecule has 3 heteroatoms. The fraction of sp³-hybridized carbons (Fsp3) is 0. The van der Waals surface area contributed by atoms with Crippen molar-refractivity contribution < 1.29 is 13.2 Å². The summed E-state index contributed by atoms with van der Waals surface area (Å²) in [5, 5.41) is 0.311. The Kier molecular flexibility index (Phi) is 1.18. The van der Waals surface area contributed by atoms with E-state index < -0.39 is 11.6 Å². The van der Waals surface area contributed by atoms with Gasteiger partial charge in [0.1, 0.15) is 17.2 Å². The van der Waals surface area contributed by atoms with Gasteiger partial charge >= 0.3 is 0 Å². The Labute approximate surface area is 61.2 Å². The molecule has 11 heavy (non-hydrogen) atoms. The maximum absolute atomic E-state index is 12.8. The Morgan fingerprint density at radius 2 is 2.00 bits per heavy atom. The molecule has 0 saturated carbocycles. The predicted molar refractivity (Wildman–Crippen MR) is 36.1 cm³/mol. The Hall–Kier alpha value is -1.38. The molecule has 1 heterocycles. The van der Waals surface area contributed by atoms with Gasteiger partial charge in [-0.1, -0.05) is 0 Å². The lowest BCUT2D eigenvalue weighted by atomic mass is 10.2. The van der Waals surface area contributed by atoms with Gasteiger partial charge in [-0.15, -0.1) is 0 Å². The predicted octanol–water partition coefficient (Wildman–Crippen LogP) is 2.71. The van der Waals surface area contributed by atoms with E-state index in [1.807, 2.05) is 0 Å². The second kappa shape index (κ2) is 2.05. The molecule has 1 aromatic heterocycles. The molecule has 0 N–H and O–H groups in total. The maximum Gasteiger partial charge on any atom is 0.139 e. The highest BCUT2D eigenvalue weighted by Crippen LogP contribution is 2.19. The van der Waals surface area contributed by atoms with E-state index in [1.54, 1.807) is 0 Å². The smallest absolute Gasteiger partial charge is 0.139 e. The first-order valence-corrected chi connectivity index (χ1v) is 3.09. The molecule has 0 radical (unpaired) electrons. The maximum atomic E-state index is 12.8. The molecule has 56 valence electrons. The number of hydrogen-bond donors (Lipinski definition) is 0. The number of halogens is 2. The van der Waals surface area contributed by atoms with Crippen molar-refractivity contribution in [3.8, 4) is 0 Å². The van der Waals surface area contributed by atoms with Crippen molar-refractivity contribution in [1.29, 1.82) is 0 Å². The van der Waals surface area contributed by atoms with Gasteiger partial charge in [-0.2, -0.15) is 0 Å². The normalized spacial score (nSPS) is 10.7. The third-order valence-electron chi connectivity index (χ3n) is 1.49. The monoisotopic (exact) mass is 154 g/mol. The van der Waals surface area contributed by atoms with Gasteiger partial charge in [0.15, 0.2) is 0 Å². The van der Waals surface area contributed by atoms with Crippen LogP contribution in [-0.4, -0.2) is 0 Å². The summed E-state index contributed by atoms with van der Waals surface area (Å²) >= 11 is 0. The van der Waals surface area contributed by atoms with Crippen LogP contribution in [0.2, 0.25) is 0 Å². The van der Waals surface area contributed by atoms with Gasteiger partial charge in [0.2, 0.25) is 0 Å². The van der Waals surface area contributed by atoms with Crippen molar-refractivity contribution in [2.24, 2.45) is 0 Å². The van der Waals surface area contributed by atoms with Crippen molar-refractivity contribution >= 4 is 11.0 Å². The largest absolute Gasteiger partial charge is 0.464 e. The van der Waals surface area contributed by atoms with E-state index >= 15 is 0 Å². The van der Waals surface area contributed by atoms with Crippen molar-refractivity contribution in [1.82, 2.24) is 0 Å². The number of fused-ring (bicyclic) bond motifs is 1. The second-order valence-electron chi connectivity index (χ2n) is 2.22. The van der Waals surface area contributed by atoms with E-state index in [0.29, 0.717) is 5.39 Å². The Morgan fingerprint density at radius 1 is 1.18 bits per heavy atom. The van der Waals surface area contributed by atoms with Crippen molar-refractivity contribution in [3.63, 3.8) is 0 Å². The van der Waals surface area contributed by atoms with Gasteiger partial charge in [-0.3, -0.25) is 0 Å². The van der Waals surface area contributed by atoms with Crippen LogP contribution < -0.4 is 0 Å². The fourth-order valence-corrected chi connectivity index (χ4v) is 0.996. The topological polar surface area (TPSA) is 13.1 Å². The molecular weight excluding hydrogens is 150 g/mol. The first kappa shape index (κ1) is 6.34. The molecule has 0 aliphatic carbocycles. The summed E-state index contributed by atoms with van der Waals surface area (Å²) < 4.78 is 30.1. The molecule has 1 nitrogen and oxygen atoms in total. The van der Waals surface area contributed by atoms with Gasteiger partial charge in [-0.25, -0.2) is 8.78 Å².